The largest absolute Gasteiger partial charge is 2.00 e. The predicted octanol–water partition coefficient (Wildman–Crippen LogP) is 5.89. The first-order valence-electron chi connectivity index (χ1n) is 6.30. The minimum atomic E-state index is -10.7. The molecule has 10 heteroatoms. The van der Waals surface area contributed by atoms with Gasteiger partial charge in [0, 0.05) is 0 Å². The fourth-order valence-electron chi connectivity index (χ4n) is 1.14. The maximum atomic E-state index is 9.98. The molecule has 0 bridgehead atoms. The van der Waals surface area contributed by atoms with Crippen molar-refractivity contribution < 1.29 is 55.5 Å². The Morgan fingerprint density at radius 2 is 1.09 bits per heavy atom. The Bertz CT molecular complexity index is 398. The van der Waals surface area contributed by atoms with Gasteiger partial charge in [-0.05, 0) is 38.7 Å². The molecule has 0 radical (unpaired) electrons. The fraction of sp³-hybridized carbons (Fsp3) is 0.462. The SMILES string of the molecule is C1=C\CC/C=C\CC/1.CC(=O)/C=C(/C)[O-].F[P-](F)(F)(F)(F)F.[Pd+2]. The van der Waals surface area contributed by atoms with Crippen molar-refractivity contribution in [1.29, 1.82) is 0 Å². The maximum Gasteiger partial charge on any atom is 2.00 e. The Hall–Kier alpha value is -0.638. The third kappa shape index (κ3) is 62.0. The molecule has 0 aromatic heterocycles. The zero-order valence-corrected chi connectivity index (χ0v) is 15.0. The van der Waals surface area contributed by atoms with Gasteiger partial charge in [0.05, 0.1) is 0 Å². The quantitative estimate of drug-likeness (QED) is 0.123. The molecule has 2 nitrogen and oxygen atoms in total. The van der Waals surface area contributed by atoms with Crippen LogP contribution < -0.4 is 5.11 Å². The van der Waals surface area contributed by atoms with Crippen LogP contribution in [-0.4, -0.2) is 5.78 Å². The Morgan fingerprint density at radius 3 is 1.17 bits per heavy atom. The van der Waals surface area contributed by atoms with E-state index in [1.165, 1.54) is 39.5 Å². The molecule has 1 aliphatic carbocycles. The van der Waals surface area contributed by atoms with Gasteiger partial charge in [-0.3, -0.25) is 4.79 Å². The van der Waals surface area contributed by atoms with E-state index < -0.39 is 7.81 Å². The van der Waals surface area contributed by atoms with Gasteiger partial charge in [0.15, 0.2) is 5.78 Å². The molecule has 0 aliphatic heterocycles. The summed E-state index contributed by atoms with van der Waals surface area (Å²) >= 11 is 0. The van der Waals surface area contributed by atoms with Crippen LogP contribution in [0.3, 0.4) is 0 Å². The van der Waals surface area contributed by atoms with E-state index in [9.17, 15) is 35.1 Å². The number of halogens is 6. The van der Waals surface area contributed by atoms with Crippen LogP contribution in [0.2, 0.25) is 0 Å². The molecule has 0 amide bonds. The van der Waals surface area contributed by atoms with E-state index in [1.807, 2.05) is 0 Å². The van der Waals surface area contributed by atoms with Gasteiger partial charge in [0.2, 0.25) is 0 Å². The normalized spacial score (nSPS) is 20.3. The van der Waals surface area contributed by atoms with E-state index in [-0.39, 0.29) is 32.0 Å². The van der Waals surface area contributed by atoms with Gasteiger partial charge in [-0.2, -0.15) is 0 Å². The first-order chi connectivity index (χ1) is 9.58. The standard InChI is InChI=1S/C8H12.C5H8O2.F6P.Pd/c1-2-4-6-8-7-5-3-1;1-4(6)3-5(2)7;1-7(2,3,4,5)6;/h1-2,7-8H,3-6H2;3,6H,1-2H3;;/q;;-1;+2/p-1/b2-1-,8-7-;4-3-;;. The third-order valence-corrected chi connectivity index (χ3v) is 1.74. The number of allylic oxidation sites excluding steroid dienone is 6. The monoisotopic (exact) mass is 458 g/mol. The van der Waals surface area contributed by atoms with E-state index in [0.717, 1.165) is 6.08 Å². The number of carbonyl (C=O) groups excluding carboxylic acids is 1. The summed E-state index contributed by atoms with van der Waals surface area (Å²) < 4.78 is 59.2. The van der Waals surface area contributed by atoms with Gasteiger partial charge in [0.1, 0.15) is 0 Å². The van der Waals surface area contributed by atoms with Crippen molar-refractivity contribution in [3.63, 3.8) is 0 Å². The Labute approximate surface area is 145 Å². The summed E-state index contributed by atoms with van der Waals surface area (Å²) in [5, 5.41) is 9.98. The molecule has 23 heavy (non-hydrogen) atoms. The molecule has 0 unspecified atom stereocenters. The Kier molecular flexibility index (Phi) is 12.2. The summed E-state index contributed by atoms with van der Waals surface area (Å²) in [6, 6.07) is 0. The van der Waals surface area contributed by atoms with Crippen LogP contribution >= 0.6 is 7.81 Å². The average Bonchev–Trinajstić information content (AvgIpc) is 2.08. The number of carbonyl (C=O) groups is 1. The van der Waals surface area contributed by atoms with E-state index in [0.29, 0.717) is 0 Å². The summed E-state index contributed by atoms with van der Waals surface area (Å²) in [6.07, 6.45) is 15.1. The van der Waals surface area contributed by atoms with Crippen LogP contribution in [0.4, 0.5) is 25.2 Å². The van der Waals surface area contributed by atoms with Gasteiger partial charge in [-0.15, -0.1) is 5.76 Å². The van der Waals surface area contributed by atoms with Gasteiger partial charge in [-0.25, -0.2) is 0 Å². The molecule has 0 saturated carbocycles. The molecule has 0 atom stereocenters. The first-order valence-corrected chi connectivity index (χ1v) is 8.33. The molecule has 0 spiro atoms. The van der Waals surface area contributed by atoms with Gasteiger partial charge >= 0.3 is 53.4 Å². The van der Waals surface area contributed by atoms with Crippen LogP contribution in [0.25, 0.3) is 0 Å². The zero-order valence-electron chi connectivity index (χ0n) is 12.6. The smallest absolute Gasteiger partial charge is 2.00 e. The minimum absolute atomic E-state index is 0. The Morgan fingerprint density at radius 1 is 0.870 bits per heavy atom. The van der Waals surface area contributed by atoms with Crippen molar-refractivity contribution in [2.45, 2.75) is 39.5 Å². The van der Waals surface area contributed by atoms with Gasteiger partial charge < -0.3 is 5.11 Å². The predicted molar refractivity (Wildman–Crippen MR) is 74.8 cm³/mol. The van der Waals surface area contributed by atoms with Crippen molar-refractivity contribution in [3.8, 4) is 0 Å². The molecule has 0 saturated heterocycles. The van der Waals surface area contributed by atoms with Crippen LogP contribution in [0.5, 0.6) is 0 Å². The van der Waals surface area contributed by atoms with Crippen LogP contribution in [-0.2, 0) is 25.2 Å². The molecule has 140 valence electrons. The van der Waals surface area contributed by atoms with Gasteiger partial charge in [-0.1, -0.05) is 31.2 Å². The Balaban J connectivity index is -0.000000257. The summed E-state index contributed by atoms with van der Waals surface area (Å²) in [5.74, 6) is -0.375. The van der Waals surface area contributed by atoms with Crippen LogP contribution in [0, 0.1) is 0 Å². The molecular formula is C13H19F6O2PPd. The topological polar surface area (TPSA) is 40.1 Å². The first kappa shape index (κ1) is 27.2. The molecule has 0 aromatic rings. The van der Waals surface area contributed by atoms with Crippen molar-refractivity contribution in [1.82, 2.24) is 0 Å². The van der Waals surface area contributed by atoms with Crippen LogP contribution in [0.15, 0.2) is 36.1 Å². The number of ketones is 1. The number of hydrogen-bond acceptors (Lipinski definition) is 2. The van der Waals surface area contributed by atoms with E-state index >= 15 is 0 Å². The second-order valence-corrected chi connectivity index (χ2v) is 6.34. The molecule has 1 rings (SSSR count). The number of hydrogen-bond donors (Lipinski definition) is 0. The third-order valence-electron chi connectivity index (χ3n) is 1.74. The zero-order chi connectivity index (χ0) is 17.9. The maximum absolute atomic E-state index is 10.7. The minimum Gasteiger partial charge on any atom is 2.00 e. The van der Waals surface area contributed by atoms with Gasteiger partial charge in [0.25, 0.3) is 0 Å². The molecule has 0 heterocycles. The van der Waals surface area contributed by atoms with Crippen molar-refractivity contribution in [3.05, 3.63) is 36.1 Å². The average molecular weight is 459 g/mol. The molecule has 0 aromatic carbocycles. The van der Waals surface area contributed by atoms with E-state index in [2.05, 4.69) is 24.3 Å². The summed E-state index contributed by atoms with van der Waals surface area (Å²) in [7, 11) is -10.7. The summed E-state index contributed by atoms with van der Waals surface area (Å²) in [5.41, 5.74) is 0. The summed E-state index contributed by atoms with van der Waals surface area (Å²) in [6.45, 7) is 2.70. The summed E-state index contributed by atoms with van der Waals surface area (Å²) in [4.78, 5) is 9.98. The second kappa shape index (κ2) is 10.3. The molecule has 0 N–H and O–H groups in total. The number of rotatable bonds is 1. The molecular weight excluding hydrogens is 440 g/mol. The van der Waals surface area contributed by atoms with Crippen molar-refractivity contribution in [2.24, 2.45) is 0 Å². The van der Waals surface area contributed by atoms with E-state index in [4.69, 9.17) is 0 Å². The molecule has 0 fully saturated rings. The molecule has 1 aliphatic rings. The van der Waals surface area contributed by atoms with Crippen molar-refractivity contribution in [2.75, 3.05) is 0 Å². The second-order valence-electron chi connectivity index (χ2n) is 4.42. The van der Waals surface area contributed by atoms with Crippen molar-refractivity contribution >= 4 is 13.6 Å². The van der Waals surface area contributed by atoms with Crippen LogP contribution in [0.1, 0.15) is 39.5 Å². The fourth-order valence-corrected chi connectivity index (χ4v) is 1.14. The van der Waals surface area contributed by atoms with E-state index in [1.54, 1.807) is 0 Å².